The van der Waals surface area contributed by atoms with E-state index in [-0.39, 0.29) is 30.4 Å². The molecular formula is C33H30N6O3S. The van der Waals surface area contributed by atoms with E-state index < -0.39 is 0 Å². The lowest BCUT2D eigenvalue weighted by Crippen LogP contribution is -2.15. The Kier molecular flexibility index (Phi) is 10.0. The van der Waals surface area contributed by atoms with E-state index in [1.165, 1.54) is 11.3 Å². The van der Waals surface area contributed by atoms with Crippen LogP contribution in [0, 0.1) is 0 Å². The topological polar surface area (TPSA) is 127 Å². The average Bonchev–Trinajstić information content (AvgIpc) is 3.47. The number of carbonyl (C=O) groups excluding carboxylic acids is 3. The summed E-state index contributed by atoms with van der Waals surface area (Å²) >= 11 is 1.35. The number of hydrogen-bond acceptors (Lipinski definition) is 8. The number of amides is 2. The predicted molar refractivity (Wildman–Crippen MR) is 166 cm³/mol. The molecule has 0 bridgehead atoms. The van der Waals surface area contributed by atoms with Crippen LogP contribution in [-0.4, -0.2) is 38.0 Å². The zero-order valence-corrected chi connectivity index (χ0v) is 24.2. The molecule has 10 heteroatoms. The second kappa shape index (κ2) is 14.7. The van der Waals surface area contributed by atoms with Crippen LogP contribution in [0.5, 0.6) is 0 Å². The molecule has 2 aromatic heterocycles. The van der Waals surface area contributed by atoms with Gasteiger partial charge in [-0.05, 0) is 48.6 Å². The Morgan fingerprint density at radius 2 is 1.28 bits per heavy atom. The van der Waals surface area contributed by atoms with E-state index in [4.69, 9.17) is 0 Å². The molecule has 0 aliphatic carbocycles. The lowest BCUT2D eigenvalue weighted by molar-refractivity contribution is -0.116. The Balaban J connectivity index is 1.02. The Bertz CT molecular complexity index is 1670. The molecule has 0 radical (unpaired) electrons. The molecule has 0 saturated heterocycles. The Morgan fingerprint density at radius 3 is 2.05 bits per heavy atom. The van der Waals surface area contributed by atoms with Gasteiger partial charge in [-0.25, -0.2) is 0 Å². The first-order valence-corrected chi connectivity index (χ1v) is 14.8. The van der Waals surface area contributed by atoms with Gasteiger partial charge in [0.1, 0.15) is 5.01 Å². The third-order valence-corrected chi connectivity index (χ3v) is 7.47. The number of ketones is 1. The summed E-state index contributed by atoms with van der Waals surface area (Å²) in [4.78, 5) is 37.6. The van der Waals surface area contributed by atoms with Gasteiger partial charge in [-0.2, -0.15) is 5.10 Å². The van der Waals surface area contributed by atoms with Crippen LogP contribution >= 0.6 is 11.3 Å². The Hall–Kier alpha value is -5.09. The molecule has 216 valence electrons. The summed E-state index contributed by atoms with van der Waals surface area (Å²) in [6.45, 7) is 0. The fourth-order valence-corrected chi connectivity index (χ4v) is 5.24. The van der Waals surface area contributed by atoms with Crippen LogP contribution in [0.25, 0.3) is 0 Å². The van der Waals surface area contributed by atoms with Crippen LogP contribution in [0.4, 0.5) is 10.9 Å². The van der Waals surface area contributed by atoms with E-state index >= 15 is 0 Å². The van der Waals surface area contributed by atoms with Crippen LogP contribution in [0.15, 0.2) is 97.1 Å². The number of aromatic nitrogens is 4. The maximum absolute atomic E-state index is 12.7. The zero-order chi connectivity index (χ0) is 29.9. The number of unbranched alkanes of at least 4 members (excludes halogenated alkanes) is 1. The second-order valence-electron chi connectivity index (χ2n) is 9.95. The van der Waals surface area contributed by atoms with E-state index in [1.54, 1.807) is 36.4 Å². The first-order valence-electron chi connectivity index (χ1n) is 14.0. The molecular weight excluding hydrogens is 560 g/mol. The molecule has 2 amide bonds. The number of rotatable bonds is 13. The highest BCUT2D eigenvalue weighted by Gasteiger charge is 2.13. The number of nitrogens with one attached hydrogen (secondary N) is 2. The molecule has 2 N–H and O–H groups in total. The molecule has 3 aromatic carbocycles. The van der Waals surface area contributed by atoms with Crippen molar-refractivity contribution in [3.05, 3.63) is 130 Å². The molecule has 0 spiro atoms. The van der Waals surface area contributed by atoms with Crippen LogP contribution in [0.2, 0.25) is 0 Å². The monoisotopic (exact) mass is 590 g/mol. The average molecular weight is 591 g/mol. The molecule has 2 heterocycles. The van der Waals surface area contributed by atoms with Gasteiger partial charge < -0.3 is 10.6 Å². The van der Waals surface area contributed by atoms with Crippen molar-refractivity contribution in [1.29, 1.82) is 0 Å². The molecule has 0 fully saturated rings. The summed E-state index contributed by atoms with van der Waals surface area (Å²) in [5.74, 6) is 0.000821. The number of nitrogens with zero attached hydrogens (tertiary/aromatic N) is 4. The largest absolute Gasteiger partial charge is 0.309 e. The lowest BCUT2D eigenvalue weighted by atomic mass is 10.0. The minimum atomic E-state index is -0.217. The van der Waals surface area contributed by atoms with Gasteiger partial charge in [0, 0.05) is 17.5 Å². The van der Waals surface area contributed by atoms with Gasteiger partial charge in [-0.3, -0.25) is 14.4 Å². The Morgan fingerprint density at radius 1 is 0.605 bits per heavy atom. The van der Waals surface area contributed by atoms with Gasteiger partial charge in [0.2, 0.25) is 16.9 Å². The van der Waals surface area contributed by atoms with E-state index in [9.17, 15) is 14.4 Å². The van der Waals surface area contributed by atoms with Crippen molar-refractivity contribution in [3.63, 3.8) is 0 Å². The number of hydrogen-bond donors (Lipinski definition) is 2. The van der Waals surface area contributed by atoms with Crippen molar-refractivity contribution in [2.45, 2.75) is 38.5 Å². The van der Waals surface area contributed by atoms with Gasteiger partial charge in [0.25, 0.3) is 0 Å². The third-order valence-electron chi connectivity index (χ3n) is 6.57. The summed E-state index contributed by atoms with van der Waals surface area (Å²) in [7, 11) is 0. The number of carbonyl (C=O) groups is 3. The van der Waals surface area contributed by atoms with E-state index in [0.29, 0.717) is 22.1 Å². The summed E-state index contributed by atoms with van der Waals surface area (Å²) < 4.78 is 0. The van der Waals surface area contributed by atoms with E-state index in [2.05, 4.69) is 31.0 Å². The van der Waals surface area contributed by atoms with Crippen molar-refractivity contribution < 1.29 is 14.4 Å². The van der Waals surface area contributed by atoms with Gasteiger partial charge in [-0.1, -0.05) is 90.2 Å². The normalized spacial score (nSPS) is 10.7. The van der Waals surface area contributed by atoms with Gasteiger partial charge in [-0.15, -0.1) is 15.3 Å². The zero-order valence-electron chi connectivity index (χ0n) is 23.4. The standard InChI is InChI=1S/C33H30N6O3S/c40-29(21-23-10-3-1-4-11-23)34-28-19-18-27(36-37-28)16-7-8-17-31-38-39-33(43-31)35-30(41)22-24-12-9-15-26(20-24)32(42)25-13-5-2-6-14-25/h1-6,9-15,18-20H,7-8,16-17,21-22H2,(H,34,37,40)(H,35,39,41). The highest BCUT2D eigenvalue weighted by atomic mass is 32.1. The molecule has 0 aliphatic heterocycles. The lowest BCUT2D eigenvalue weighted by Gasteiger charge is -2.05. The van der Waals surface area contributed by atoms with Crippen LogP contribution in [0.3, 0.4) is 0 Å². The molecule has 0 atom stereocenters. The van der Waals surface area contributed by atoms with Gasteiger partial charge in [0.15, 0.2) is 11.6 Å². The maximum Gasteiger partial charge on any atom is 0.230 e. The molecule has 0 aliphatic rings. The fraction of sp³-hybridized carbons (Fsp3) is 0.182. The number of benzene rings is 3. The molecule has 0 unspecified atom stereocenters. The van der Waals surface area contributed by atoms with Crippen molar-refractivity contribution in [3.8, 4) is 0 Å². The van der Waals surface area contributed by atoms with Crippen LogP contribution in [-0.2, 0) is 35.3 Å². The molecule has 5 rings (SSSR count). The third kappa shape index (κ3) is 8.95. The highest BCUT2D eigenvalue weighted by Crippen LogP contribution is 2.19. The Labute approximate surface area is 253 Å². The minimum absolute atomic E-state index is 0.0799. The number of aryl methyl sites for hydroxylation is 2. The second-order valence-corrected chi connectivity index (χ2v) is 11.0. The van der Waals surface area contributed by atoms with Crippen molar-refractivity contribution in [2.24, 2.45) is 0 Å². The van der Waals surface area contributed by atoms with Crippen molar-refractivity contribution in [1.82, 2.24) is 20.4 Å². The van der Waals surface area contributed by atoms with Gasteiger partial charge >= 0.3 is 0 Å². The summed E-state index contributed by atoms with van der Waals surface area (Å²) in [6, 6.07) is 29.4. The van der Waals surface area contributed by atoms with Gasteiger partial charge in [0.05, 0.1) is 18.5 Å². The van der Waals surface area contributed by atoms with Crippen molar-refractivity contribution >= 4 is 39.9 Å². The minimum Gasteiger partial charge on any atom is -0.309 e. The highest BCUT2D eigenvalue weighted by molar-refractivity contribution is 7.15. The molecule has 0 saturated carbocycles. The summed E-state index contributed by atoms with van der Waals surface area (Å²) in [6.07, 6.45) is 3.65. The first-order chi connectivity index (χ1) is 21.0. The van der Waals surface area contributed by atoms with Crippen LogP contribution in [0.1, 0.15) is 50.6 Å². The van der Waals surface area contributed by atoms with Crippen LogP contribution < -0.4 is 10.6 Å². The van der Waals surface area contributed by atoms with Crippen molar-refractivity contribution in [2.75, 3.05) is 10.6 Å². The predicted octanol–water partition coefficient (Wildman–Crippen LogP) is 5.49. The molecule has 5 aromatic rings. The first kappa shape index (κ1) is 29.4. The smallest absolute Gasteiger partial charge is 0.230 e. The summed E-state index contributed by atoms with van der Waals surface area (Å²) in [5, 5.41) is 23.5. The SMILES string of the molecule is O=C(Cc1ccccc1)Nc1ccc(CCCCc2nnc(NC(=O)Cc3cccc(C(=O)c4ccccc4)c3)s2)nn1. The van der Waals surface area contributed by atoms with E-state index in [1.807, 2.05) is 60.7 Å². The quantitative estimate of drug-likeness (QED) is 0.137. The van der Waals surface area contributed by atoms with E-state index in [0.717, 1.165) is 47.5 Å². The number of anilines is 2. The fourth-order valence-electron chi connectivity index (χ4n) is 4.44. The maximum atomic E-state index is 12.7. The molecule has 9 nitrogen and oxygen atoms in total. The molecule has 43 heavy (non-hydrogen) atoms. The summed E-state index contributed by atoms with van der Waals surface area (Å²) in [5.41, 5.74) is 3.68.